The van der Waals surface area contributed by atoms with Gasteiger partial charge in [-0.25, -0.2) is 0 Å². The zero-order chi connectivity index (χ0) is 4.50. The van der Waals surface area contributed by atoms with E-state index in [1.165, 1.54) is 0 Å². The molecule has 0 aromatic heterocycles. The number of hydrogen-bond donors (Lipinski definition) is 0. The summed E-state index contributed by atoms with van der Waals surface area (Å²) >= 11 is 0. The van der Waals surface area contributed by atoms with Crippen molar-refractivity contribution in [3.63, 3.8) is 0 Å². The van der Waals surface area contributed by atoms with Gasteiger partial charge in [-0.1, -0.05) is 0 Å². The van der Waals surface area contributed by atoms with Crippen molar-refractivity contribution >= 4 is 0 Å². The van der Waals surface area contributed by atoms with E-state index < -0.39 is 5.41 Å². The Morgan fingerprint density at radius 1 is 0.714 bits per heavy atom. The van der Waals surface area contributed by atoms with Crippen LogP contribution in [0, 0.1) is 33.1 Å². The largest absolute Gasteiger partial charge is 1.00 e. The summed E-state index contributed by atoms with van der Waals surface area (Å²) < 4.78 is 0. The zero-order valence-corrected chi connectivity index (χ0v) is 5.33. The molecule has 0 radical (unpaired) electrons. The smallest absolute Gasteiger partial charge is 0.584 e. The van der Waals surface area contributed by atoms with Crippen LogP contribution in [0.15, 0.2) is 0 Å². The quantitative estimate of drug-likeness (QED) is 0.203. The minimum absolute atomic E-state index is 0. The van der Waals surface area contributed by atoms with Gasteiger partial charge >= 0.3 is 37.7 Å². The SMILES string of the molecule is [CH2-]C([CH2-])([CH2-])[CH2-].[Li+].[Li+]. The van der Waals surface area contributed by atoms with Crippen LogP contribution in [0.25, 0.3) is 0 Å². The molecule has 0 bridgehead atoms. The van der Waals surface area contributed by atoms with Crippen LogP contribution in [-0.4, -0.2) is 0 Å². The maximum Gasteiger partial charge on any atom is 1.00 e. The van der Waals surface area contributed by atoms with Gasteiger partial charge in [-0.3, -0.25) is 0 Å². The van der Waals surface area contributed by atoms with E-state index in [0.717, 1.165) is 0 Å². The molecule has 7 heavy (non-hydrogen) atoms. The molecule has 0 spiro atoms. The Morgan fingerprint density at radius 3 is 0.714 bits per heavy atom. The summed E-state index contributed by atoms with van der Waals surface area (Å²) in [6.07, 6.45) is 0. The molecule has 0 saturated heterocycles. The third-order valence-electron chi connectivity index (χ3n) is 0. The summed E-state index contributed by atoms with van der Waals surface area (Å²) in [7, 11) is 0. The van der Waals surface area contributed by atoms with E-state index in [2.05, 4.69) is 27.7 Å². The molecular weight excluding hydrogens is 73.9 g/mol. The first-order valence-electron chi connectivity index (χ1n) is 1.41. The van der Waals surface area contributed by atoms with E-state index in [1.54, 1.807) is 0 Å². The van der Waals surface area contributed by atoms with E-state index in [-0.39, 0.29) is 37.7 Å². The normalized spacial score (nSPS) is 8.57. The van der Waals surface area contributed by atoms with Gasteiger partial charge in [-0.15, -0.1) is 0 Å². The van der Waals surface area contributed by atoms with Crippen molar-refractivity contribution in [3.05, 3.63) is 27.7 Å². The Labute approximate surface area is 70.8 Å². The van der Waals surface area contributed by atoms with E-state index in [4.69, 9.17) is 0 Å². The third kappa shape index (κ3) is 136. The minimum atomic E-state index is -0.500. The molecule has 0 nitrogen and oxygen atoms in total. The predicted molar refractivity (Wildman–Crippen MR) is 23.9 cm³/mol. The minimum Gasteiger partial charge on any atom is -0.584 e. The molecule has 0 aromatic carbocycles. The summed E-state index contributed by atoms with van der Waals surface area (Å²) in [6, 6.07) is 0. The van der Waals surface area contributed by atoms with E-state index >= 15 is 0 Å². The van der Waals surface area contributed by atoms with Crippen LogP contribution in [0.4, 0.5) is 0 Å². The molecule has 2 heteroatoms. The molecule has 0 heterocycles. The molecule has 0 N–H and O–H groups in total. The fourth-order valence-corrected chi connectivity index (χ4v) is 0. The maximum atomic E-state index is 3.44. The van der Waals surface area contributed by atoms with Gasteiger partial charge in [0.15, 0.2) is 0 Å². The summed E-state index contributed by atoms with van der Waals surface area (Å²) in [6.45, 7) is 13.8. The molecule has 0 rings (SSSR count). The first kappa shape index (κ1) is 15.7. The third-order valence-corrected chi connectivity index (χ3v) is 0. The zero-order valence-electron chi connectivity index (χ0n) is 5.33. The van der Waals surface area contributed by atoms with E-state index in [1.807, 2.05) is 0 Å². The molecule has 0 saturated carbocycles. The fourth-order valence-electron chi connectivity index (χ4n) is 0. The van der Waals surface area contributed by atoms with E-state index in [0.29, 0.717) is 0 Å². The molecule has 0 aliphatic carbocycles. The maximum absolute atomic E-state index is 3.44. The number of rotatable bonds is 0. The second-order valence-corrected chi connectivity index (χ2v) is 1.50. The van der Waals surface area contributed by atoms with Crippen molar-refractivity contribution in [1.29, 1.82) is 0 Å². The van der Waals surface area contributed by atoms with Gasteiger partial charge in [0.2, 0.25) is 0 Å². The molecular formula is C5H8Li2-2. The summed E-state index contributed by atoms with van der Waals surface area (Å²) in [5, 5.41) is 0. The molecule has 0 aliphatic rings. The Kier molecular flexibility index (Phi) is 12.0. The van der Waals surface area contributed by atoms with Crippen molar-refractivity contribution in [2.45, 2.75) is 0 Å². The van der Waals surface area contributed by atoms with Crippen LogP contribution in [0.2, 0.25) is 0 Å². The van der Waals surface area contributed by atoms with Crippen molar-refractivity contribution in [2.24, 2.45) is 5.41 Å². The van der Waals surface area contributed by atoms with Gasteiger partial charge in [-0.2, -0.15) is 0 Å². The summed E-state index contributed by atoms with van der Waals surface area (Å²) in [5.41, 5.74) is -0.500. The van der Waals surface area contributed by atoms with E-state index in [9.17, 15) is 0 Å². The van der Waals surface area contributed by atoms with Crippen LogP contribution < -0.4 is 37.7 Å². The molecule has 0 aliphatic heterocycles. The van der Waals surface area contributed by atoms with Crippen molar-refractivity contribution in [3.8, 4) is 0 Å². The van der Waals surface area contributed by atoms with Crippen LogP contribution in [0.3, 0.4) is 0 Å². The molecule has 0 aromatic rings. The molecule has 32 valence electrons. The summed E-state index contributed by atoms with van der Waals surface area (Å²) in [4.78, 5) is 0. The average Bonchev–Trinajstić information content (AvgIpc) is 0.722. The fraction of sp³-hybridized carbons (Fsp3) is 0.200. The van der Waals surface area contributed by atoms with Crippen LogP contribution in [-0.2, 0) is 0 Å². The Hall–Kier alpha value is 1.19. The van der Waals surface area contributed by atoms with Crippen molar-refractivity contribution in [1.82, 2.24) is 0 Å². The van der Waals surface area contributed by atoms with Crippen LogP contribution in [0.5, 0.6) is 0 Å². The second-order valence-electron chi connectivity index (χ2n) is 1.50. The van der Waals surface area contributed by atoms with Crippen molar-refractivity contribution in [2.75, 3.05) is 0 Å². The van der Waals surface area contributed by atoms with Gasteiger partial charge < -0.3 is 33.1 Å². The Bertz CT molecular complexity index is 21.6. The first-order valence-corrected chi connectivity index (χ1v) is 1.41. The summed E-state index contributed by atoms with van der Waals surface area (Å²) in [5.74, 6) is 0. The van der Waals surface area contributed by atoms with Gasteiger partial charge in [0.25, 0.3) is 0 Å². The van der Waals surface area contributed by atoms with Gasteiger partial charge in [0.1, 0.15) is 0 Å². The molecule has 0 atom stereocenters. The van der Waals surface area contributed by atoms with Crippen molar-refractivity contribution < 1.29 is 37.7 Å². The average molecular weight is 82.0 g/mol. The Morgan fingerprint density at radius 2 is 0.714 bits per heavy atom. The number of hydrogen-bond acceptors (Lipinski definition) is 0. The second kappa shape index (κ2) is 5.33. The Balaban J connectivity index is -0.0000000800. The topological polar surface area (TPSA) is 0 Å². The molecule has 0 fully saturated rings. The predicted octanol–water partition coefficient (Wildman–Crippen LogP) is -4.68. The monoisotopic (exact) mass is 82.1 g/mol. The standard InChI is InChI=1S/C5H8.2Li/c1-5(2,3)4;;/h1-4H2;;/q-4;2*+1. The van der Waals surface area contributed by atoms with Gasteiger partial charge in [0.05, 0.1) is 0 Å². The molecule has 0 amide bonds. The van der Waals surface area contributed by atoms with Crippen LogP contribution >= 0.6 is 0 Å². The molecule has 0 unspecified atom stereocenters. The first-order chi connectivity index (χ1) is 2.00. The van der Waals surface area contributed by atoms with Crippen LogP contribution in [0.1, 0.15) is 0 Å². The van der Waals surface area contributed by atoms with Gasteiger partial charge in [0, 0.05) is 0 Å². The van der Waals surface area contributed by atoms with Gasteiger partial charge in [-0.05, 0) is 0 Å².